The Labute approximate surface area is 112 Å². The van der Waals surface area contributed by atoms with E-state index in [9.17, 15) is 0 Å². The summed E-state index contributed by atoms with van der Waals surface area (Å²) >= 11 is 4.95. The number of aromatic nitrogens is 2. The quantitative estimate of drug-likeness (QED) is 0.891. The zero-order valence-corrected chi connectivity index (χ0v) is 11.4. The average Bonchev–Trinajstić information content (AvgIpc) is 2.85. The van der Waals surface area contributed by atoms with Gasteiger partial charge >= 0.3 is 0 Å². The second-order valence-corrected chi connectivity index (χ2v) is 5.34. The molecule has 2 heterocycles. The van der Waals surface area contributed by atoms with Gasteiger partial charge in [0.2, 0.25) is 5.95 Å². The smallest absolute Gasteiger partial charge is 0.223 e. The summed E-state index contributed by atoms with van der Waals surface area (Å²) in [5.41, 5.74) is 0. The maximum absolute atomic E-state index is 9.07. The Morgan fingerprint density at radius 2 is 2.18 bits per heavy atom. The van der Waals surface area contributed by atoms with Crippen LogP contribution in [0.4, 0.5) is 5.95 Å². The predicted molar refractivity (Wildman–Crippen MR) is 72.1 cm³/mol. The van der Waals surface area contributed by atoms with E-state index < -0.39 is 0 Å². The Balaban J connectivity index is 2.10. The Kier molecular flexibility index (Phi) is 4.47. The number of halogens is 1. The first kappa shape index (κ1) is 12.5. The lowest BCUT2D eigenvalue weighted by Crippen LogP contribution is -2.13. The van der Waals surface area contributed by atoms with Crippen LogP contribution >= 0.6 is 27.3 Å². The maximum Gasteiger partial charge on any atom is 0.223 e. The van der Waals surface area contributed by atoms with Gasteiger partial charge in [-0.2, -0.15) is 0 Å². The average molecular weight is 314 g/mol. The molecule has 17 heavy (non-hydrogen) atoms. The standard InChI is InChI=1S/C11H12BrN3OS/c12-8-6-13-11(14-7-8)15-9(3-4-16)10-2-1-5-17-10/h1-2,5-7,9,16H,3-4H2,(H,13,14,15)/t9-/m0/s1. The van der Waals surface area contributed by atoms with Crippen LogP contribution in [0.1, 0.15) is 17.3 Å². The van der Waals surface area contributed by atoms with E-state index in [-0.39, 0.29) is 12.6 Å². The monoisotopic (exact) mass is 313 g/mol. The highest BCUT2D eigenvalue weighted by Gasteiger charge is 2.12. The molecule has 0 bridgehead atoms. The Hall–Kier alpha value is -0.980. The van der Waals surface area contributed by atoms with Gasteiger partial charge in [0.25, 0.3) is 0 Å². The van der Waals surface area contributed by atoms with E-state index in [1.54, 1.807) is 23.7 Å². The second-order valence-electron chi connectivity index (χ2n) is 3.45. The molecule has 0 aliphatic carbocycles. The van der Waals surface area contributed by atoms with Crippen molar-refractivity contribution < 1.29 is 5.11 Å². The van der Waals surface area contributed by atoms with E-state index in [2.05, 4.69) is 31.2 Å². The summed E-state index contributed by atoms with van der Waals surface area (Å²) in [6.07, 6.45) is 4.03. The van der Waals surface area contributed by atoms with Crippen LogP contribution in [0.25, 0.3) is 0 Å². The summed E-state index contributed by atoms with van der Waals surface area (Å²) in [6.45, 7) is 0.131. The summed E-state index contributed by atoms with van der Waals surface area (Å²) < 4.78 is 0.845. The zero-order chi connectivity index (χ0) is 12.1. The molecule has 90 valence electrons. The largest absolute Gasteiger partial charge is 0.396 e. The molecule has 0 fully saturated rings. The number of nitrogens with zero attached hydrogens (tertiary/aromatic N) is 2. The third-order valence-electron chi connectivity index (χ3n) is 2.23. The van der Waals surface area contributed by atoms with Crippen LogP contribution in [0.2, 0.25) is 0 Å². The predicted octanol–water partition coefficient (Wildman–Crippen LogP) is 2.84. The van der Waals surface area contributed by atoms with Crippen LogP contribution < -0.4 is 5.32 Å². The van der Waals surface area contributed by atoms with Crippen molar-refractivity contribution in [3.63, 3.8) is 0 Å². The molecule has 2 aromatic rings. The molecule has 0 saturated heterocycles. The molecule has 0 aromatic carbocycles. The second kappa shape index (κ2) is 6.09. The van der Waals surface area contributed by atoms with E-state index in [1.165, 1.54) is 4.88 Å². The van der Waals surface area contributed by atoms with Crippen molar-refractivity contribution in [2.45, 2.75) is 12.5 Å². The number of rotatable bonds is 5. The highest BCUT2D eigenvalue weighted by Crippen LogP contribution is 2.24. The third-order valence-corrected chi connectivity index (χ3v) is 3.62. The van der Waals surface area contributed by atoms with E-state index in [0.29, 0.717) is 12.4 Å². The van der Waals surface area contributed by atoms with Crippen molar-refractivity contribution in [3.8, 4) is 0 Å². The fraction of sp³-hybridized carbons (Fsp3) is 0.273. The summed E-state index contributed by atoms with van der Waals surface area (Å²) in [5.74, 6) is 0.569. The molecule has 0 saturated carbocycles. The summed E-state index contributed by atoms with van der Waals surface area (Å²) in [6, 6.07) is 4.09. The van der Waals surface area contributed by atoms with E-state index in [0.717, 1.165) is 4.47 Å². The highest BCUT2D eigenvalue weighted by molar-refractivity contribution is 9.10. The van der Waals surface area contributed by atoms with Crippen molar-refractivity contribution in [1.82, 2.24) is 9.97 Å². The third kappa shape index (κ3) is 3.49. The van der Waals surface area contributed by atoms with Crippen molar-refractivity contribution in [2.24, 2.45) is 0 Å². The number of anilines is 1. The van der Waals surface area contributed by atoms with Crippen LogP contribution in [0.3, 0.4) is 0 Å². The molecule has 0 aliphatic heterocycles. The molecule has 2 rings (SSSR count). The number of aliphatic hydroxyl groups excluding tert-OH is 1. The first-order valence-corrected chi connectivity index (χ1v) is 6.85. The molecule has 4 nitrogen and oxygen atoms in total. The summed E-state index contributed by atoms with van der Waals surface area (Å²) in [5, 5.41) is 14.3. The first-order valence-electron chi connectivity index (χ1n) is 5.18. The van der Waals surface area contributed by atoms with Gasteiger partial charge in [0.15, 0.2) is 0 Å². The van der Waals surface area contributed by atoms with Crippen LogP contribution in [0, 0.1) is 0 Å². The molecule has 0 spiro atoms. The number of thiophene rings is 1. The molecular weight excluding hydrogens is 302 g/mol. The lowest BCUT2D eigenvalue weighted by Gasteiger charge is -2.15. The first-order chi connectivity index (χ1) is 8.29. The van der Waals surface area contributed by atoms with Crippen LogP contribution in [0.5, 0.6) is 0 Å². The van der Waals surface area contributed by atoms with Crippen molar-refractivity contribution in [3.05, 3.63) is 39.3 Å². The van der Waals surface area contributed by atoms with Crippen LogP contribution in [0.15, 0.2) is 34.4 Å². The highest BCUT2D eigenvalue weighted by atomic mass is 79.9. The maximum atomic E-state index is 9.07. The van der Waals surface area contributed by atoms with Gasteiger partial charge in [-0.05, 0) is 33.8 Å². The minimum atomic E-state index is 0.0566. The van der Waals surface area contributed by atoms with Gasteiger partial charge in [-0.25, -0.2) is 9.97 Å². The van der Waals surface area contributed by atoms with Gasteiger partial charge in [0.05, 0.1) is 10.5 Å². The molecule has 2 aromatic heterocycles. The van der Waals surface area contributed by atoms with Crippen molar-refractivity contribution in [1.29, 1.82) is 0 Å². The van der Waals surface area contributed by atoms with Crippen LogP contribution in [-0.4, -0.2) is 21.7 Å². The molecular formula is C11H12BrN3OS. The summed E-state index contributed by atoms with van der Waals surface area (Å²) in [7, 11) is 0. The molecule has 6 heteroatoms. The molecule has 1 atom stereocenters. The molecule has 0 unspecified atom stereocenters. The Bertz CT molecular complexity index is 446. The molecule has 0 radical (unpaired) electrons. The Morgan fingerprint density at radius 1 is 1.41 bits per heavy atom. The SMILES string of the molecule is OCC[C@H](Nc1ncc(Br)cn1)c1cccs1. The number of hydrogen-bond donors (Lipinski definition) is 2. The van der Waals surface area contributed by atoms with E-state index >= 15 is 0 Å². The van der Waals surface area contributed by atoms with Gasteiger partial charge in [0, 0.05) is 23.9 Å². The van der Waals surface area contributed by atoms with Crippen molar-refractivity contribution in [2.75, 3.05) is 11.9 Å². The molecule has 2 N–H and O–H groups in total. The molecule has 0 aliphatic rings. The minimum absolute atomic E-state index is 0.0566. The number of aliphatic hydroxyl groups is 1. The van der Waals surface area contributed by atoms with Gasteiger partial charge in [-0.3, -0.25) is 0 Å². The van der Waals surface area contributed by atoms with Gasteiger partial charge in [0.1, 0.15) is 0 Å². The Morgan fingerprint density at radius 3 is 2.76 bits per heavy atom. The van der Waals surface area contributed by atoms with Crippen molar-refractivity contribution >= 4 is 33.2 Å². The lowest BCUT2D eigenvalue weighted by molar-refractivity contribution is 0.280. The normalized spacial score (nSPS) is 12.4. The topological polar surface area (TPSA) is 58.0 Å². The minimum Gasteiger partial charge on any atom is -0.396 e. The summed E-state index contributed by atoms with van der Waals surface area (Å²) in [4.78, 5) is 9.50. The van der Waals surface area contributed by atoms with Gasteiger partial charge in [-0.15, -0.1) is 11.3 Å². The number of hydrogen-bond acceptors (Lipinski definition) is 5. The van der Waals surface area contributed by atoms with Crippen LogP contribution in [-0.2, 0) is 0 Å². The van der Waals surface area contributed by atoms with Gasteiger partial charge < -0.3 is 10.4 Å². The number of nitrogens with one attached hydrogen (secondary N) is 1. The van der Waals surface area contributed by atoms with E-state index in [4.69, 9.17) is 5.11 Å². The molecule has 0 amide bonds. The van der Waals surface area contributed by atoms with E-state index in [1.807, 2.05) is 17.5 Å². The fourth-order valence-corrected chi connectivity index (χ4v) is 2.46. The fourth-order valence-electron chi connectivity index (χ4n) is 1.45. The zero-order valence-electron chi connectivity index (χ0n) is 9.01. The van der Waals surface area contributed by atoms with Gasteiger partial charge in [-0.1, -0.05) is 6.07 Å². The lowest BCUT2D eigenvalue weighted by atomic mass is 10.2.